The molecule has 1 aromatic carbocycles. The van der Waals surface area contributed by atoms with E-state index in [0.717, 1.165) is 30.9 Å². The number of piperazine rings is 1. The van der Waals surface area contributed by atoms with Crippen LogP contribution >= 0.6 is 0 Å². The summed E-state index contributed by atoms with van der Waals surface area (Å²) in [6.07, 6.45) is 0. The molecule has 1 aromatic rings. The number of carbonyl (C=O) groups excluding carboxylic acids is 1. The van der Waals surface area contributed by atoms with E-state index in [-0.39, 0.29) is 11.9 Å². The third kappa shape index (κ3) is 3.24. The minimum atomic E-state index is -0.275. The van der Waals surface area contributed by atoms with Crippen molar-refractivity contribution in [2.24, 2.45) is 5.73 Å². The summed E-state index contributed by atoms with van der Waals surface area (Å²) < 4.78 is 5.43. The number of ether oxygens (including phenoxy) is 1. The van der Waals surface area contributed by atoms with Gasteiger partial charge in [0.15, 0.2) is 0 Å². The van der Waals surface area contributed by atoms with Crippen molar-refractivity contribution in [1.82, 2.24) is 9.80 Å². The maximum atomic E-state index is 11.1. The van der Waals surface area contributed by atoms with Gasteiger partial charge in [-0.3, -0.25) is 14.6 Å². The first-order valence-corrected chi connectivity index (χ1v) is 6.45. The Morgan fingerprint density at radius 3 is 2.84 bits per heavy atom. The molecule has 0 radical (unpaired) electrons. The molecule has 1 aliphatic rings. The third-order valence-electron chi connectivity index (χ3n) is 3.61. The lowest BCUT2D eigenvalue weighted by molar-refractivity contribution is -0.119. The standard InChI is InChI=1S/C14H21N3O2/c1-16-7-8-17(10-14(15)18)9-12(16)11-5-3-4-6-13(11)19-2/h3-6,12H,7-10H2,1-2H3,(H2,15,18). The number of nitrogens with zero attached hydrogens (tertiary/aromatic N) is 2. The quantitative estimate of drug-likeness (QED) is 0.858. The minimum absolute atomic E-state index is 0.226. The van der Waals surface area contributed by atoms with Gasteiger partial charge in [0.1, 0.15) is 5.75 Å². The van der Waals surface area contributed by atoms with Gasteiger partial charge in [-0.1, -0.05) is 18.2 Å². The molecule has 104 valence electrons. The molecule has 1 unspecified atom stereocenters. The van der Waals surface area contributed by atoms with Crippen LogP contribution in [0.5, 0.6) is 5.75 Å². The van der Waals surface area contributed by atoms with Gasteiger partial charge in [-0.05, 0) is 13.1 Å². The van der Waals surface area contributed by atoms with Gasteiger partial charge in [-0.25, -0.2) is 0 Å². The molecule has 1 fully saturated rings. The van der Waals surface area contributed by atoms with Gasteiger partial charge in [-0.15, -0.1) is 0 Å². The van der Waals surface area contributed by atoms with Gasteiger partial charge in [0, 0.05) is 25.2 Å². The van der Waals surface area contributed by atoms with E-state index in [1.807, 2.05) is 18.2 Å². The molecule has 1 atom stereocenters. The largest absolute Gasteiger partial charge is 0.496 e. The van der Waals surface area contributed by atoms with E-state index in [4.69, 9.17) is 10.5 Å². The fourth-order valence-electron chi connectivity index (χ4n) is 2.57. The summed E-state index contributed by atoms with van der Waals surface area (Å²) in [6.45, 7) is 2.89. The number of rotatable bonds is 4. The van der Waals surface area contributed by atoms with Crippen molar-refractivity contribution in [3.8, 4) is 5.75 Å². The smallest absolute Gasteiger partial charge is 0.231 e. The average Bonchev–Trinajstić information content (AvgIpc) is 2.40. The number of nitrogens with two attached hydrogens (primary N) is 1. The Kier molecular flexibility index (Phi) is 4.39. The monoisotopic (exact) mass is 263 g/mol. The van der Waals surface area contributed by atoms with Crippen molar-refractivity contribution in [2.75, 3.05) is 40.3 Å². The highest BCUT2D eigenvalue weighted by molar-refractivity contribution is 5.75. The Balaban J connectivity index is 2.18. The highest BCUT2D eigenvalue weighted by atomic mass is 16.5. The topological polar surface area (TPSA) is 58.8 Å². The van der Waals surface area contributed by atoms with Crippen LogP contribution < -0.4 is 10.5 Å². The molecule has 0 saturated carbocycles. The second-order valence-corrected chi connectivity index (χ2v) is 4.94. The number of amides is 1. The molecule has 1 amide bonds. The van der Waals surface area contributed by atoms with E-state index in [0.29, 0.717) is 6.54 Å². The zero-order valence-corrected chi connectivity index (χ0v) is 11.5. The predicted octanol–water partition coefficient (Wildman–Crippen LogP) is 0.469. The number of para-hydroxylation sites is 1. The van der Waals surface area contributed by atoms with Gasteiger partial charge >= 0.3 is 0 Å². The lowest BCUT2D eigenvalue weighted by Crippen LogP contribution is -2.49. The molecule has 0 aliphatic carbocycles. The Morgan fingerprint density at radius 2 is 2.16 bits per heavy atom. The van der Waals surface area contributed by atoms with Crippen LogP contribution in [0.4, 0.5) is 0 Å². The number of likely N-dealkylation sites (N-methyl/N-ethyl adjacent to an activating group) is 1. The molecule has 1 saturated heterocycles. The van der Waals surface area contributed by atoms with Crippen LogP contribution in [-0.2, 0) is 4.79 Å². The molecule has 5 nitrogen and oxygen atoms in total. The van der Waals surface area contributed by atoms with Crippen molar-refractivity contribution in [2.45, 2.75) is 6.04 Å². The number of carbonyl (C=O) groups is 1. The fraction of sp³-hybridized carbons (Fsp3) is 0.500. The number of benzene rings is 1. The van der Waals surface area contributed by atoms with Crippen molar-refractivity contribution in [3.05, 3.63) is 29.8 Å². The highest BCUT2D eigenvalue weighted by Crippen LogP contribution is 2.30. The number of primary amides is 1. The molecule has 1 heterocycles. The lowest BCUT2D eigenvalue weighted by Gasteiger charge is -2.39. The summed E-state index contributed by atoms with van der Waals surface area (Å²) in [5, 5.41) is 0. The van der Waals surface area contributed by atoms with Gasteiger partial charge in [0.2, 0.25) is 5.91 Å². The van der Waals surface area contributed by atoms with Crippen LogP contribution in [0, 0.1) is 0 Å². The zero-order chi connectivity index (χ0) is 13.8. The molecule has 19 heavy (non-hydrogen) atoms. The second kappa shape index (κ2) is 6.04. The van der Waals surface area contributed by atoms with Gasteiger partial charge in [0.05, 0.1) is 19.7 Å². The summed E-state index contributed by atoms with van der Waals surface area (Å²) in [7, 11) is 3.78. The number of hydrogen-bond donors (Lipinski definition) is 1. The molecular weight excluding hydrogens is 242 g/mol. The van der Waals surface area contributed by atoms with Gasteiger partial charge in [0.25, 0.3) is 0 Å². The Morgan fingerprint density at radius 1 is 1.42 bits per heavy atom. The first-order valence-electron chi connectivity index (χ1n) is 6.45. The maximum absolute atomic E-state index is 11.1. The van der Waals surface area contributed by atoms with Crippen LogP contribution in [0.2, 0.25) is 0 Å². The average molecular weight is 263 g/mol. The highest BCUT2D eigenvalue weighted by Gasteiger charge is 2.28. The van der Waals surface area contributed by atoms with Crippen LogP contribution in [0.1, 0.15) is 11.6 Å². The summed E-state index contributed by atoms with van der Waals surface area (Å²) in [5.74, 6) is 0.614. The minimum Gasteiger partial charge on any atom is -0.496 e. The summed E-state index contributed by atoms with van der Waals surface area (Å²) in [5.41, 5.74) is 6.43. The summed E-state index contributed by atoms with van der Waals surface area (Å²) >= 11 is 0. The van der Waals surface area contributed by atoms with Crippen LogP contribution in [0.3, 0.4) is 0 Å². The molecule has 2 N–H and O–H groups in total. The molecule has 0 aromatic heterocycles. The second-order valence-electron chi connectivity index (χ2n) is 4.94. The van der Waals surface area contributed by atoms with Crippen molar-refractivity contribution >= 4 is 5.91 Å². The van der Waals surface area contributed by atoms with E-state index in [1.165, 1.54) is 0 Å². The SMILES string of the molecule is COc1ccccc1C1CN(CC(N)=O)CCN1C. The molecule has 1 aliphatic heterocycles. The van der Waals surface area contributed by atoms with E-state index in [9.17, 15) is 4.79 Å². The van der Waals surface area contributed by atoms with E-state index < -0.39 is 0 Å². The summed E-state index contributed by atoms with van der Waals surface area (Å²) in [4.78, 5) is 15.4. The van der Waals surface area contributed by atoms with E-state index in [2.05, 4.69) is 22.9 Å². The molecular formula is C14H21N3O2. The lowest BCUT2D eigenvalue weighted by atomic mass is 10.0. The number of methoxy groups -OCH3 is 1. The molecule has 2 rings (SSSR count). The van der Waals surface area contributed by atoms with E-state index >= 15 is 0 Å². The van der Waals surface area contributed by atoms with Crippen LogP contribution in [0.25, 0.3) is 0 Å². The Hall–Kier alpha value is -1.59. The first kappa shape index (κ1) is 13.8. The molecule has 0 spiro atoms. The van der Waals surface area contributed by atoms with Gasteiger partial charge in [-0.2, -0.15) is 0 Å². The number of hydrogen-bond acceptors (Lipinski definition) is 4. The van der Waals surface area contributed by atoms with Crippen molar-refractivity contribution in [3.63, 3.8) is 0 Å². The third-order valence-corrected chi connectivity index (χ3v) is 3.61. The fourth-order valence-corrected chi connectivity index (χ4v) is 2.57. The molecule has 5 heteroatoms. The molecule has 0 bridgehead atoms. The first-order chi connectivity index (χ1) is 9.11. The van der Waals surface area contributed by atoms with E-state index in [1.54, 1.807) is 7.11 Å². The van der Waals surface area contributed by atoms with Crippen LogP contribution in [0.15, 0.2) is 24.3 Å². The Bertz CT molecular complexity index is 450. The Labute approximate surface area is 113 Å². The van der Waals surface area contributed by atoms with Crippen molar-refractivity contribution in [1.29, 1.82) is 0 Å². The van der Waals surface area contributed by atoms with Crippen molar-refractivity contribution < 1.29 is 9.53 Å². The maximum Gasteiger partial charge on any atom is 0.231 e. The zero-order valence-electron chi connectivity index (χ0n) is 11.5. The van der Waals surface area contributed by atoms with Gasteiger partial charge < -0.3 is 10.5 Å². The summed E-state index contributed by atoms with van der Waals surface area (Å²) in [6, 6.07) is 8.25. The van der Waals surface area contributed by atoms with Crippen LogP contribution in [-0.4, -0.2) is 56.0 Å². The normalized spacial score (nSPS) is 21.3. The predicted molar refractivity (Wildman–Crippen MR) is 74.0 cm³/mol.